The molecule has 156 valence electrons. The monoisotopic (exact) mass is 532 g/mol. The maximum Gasteiger partial charge on any atom is 0.267 e. The number of halogens is 2. The van der Waals surface area contributed by atoms with Gasteiger partial charge in [0.05, 0.1) is 14.9 Å². The maximum absolute atomic E-state index is 12.8. The molecule has 0 unspecified atom stereocenters. The summed E-state index contributed by atoms with van der Waals surface area (Å²) in [5.41, 5.74) is 1.55. The summed E-state index contributed by atoms with van der Waals surface area (Å²) in [6, 6.07) is 13.9. The fourth-order valence-corrected chi connectivity index (χ4v) is 5.00. The number of hydrogen-bond acceptors (Lipinski definition) is 6. The van der Waals surface area contributed by atoms with Crippen molar-refractivity contribution in [1.29, 1.82) is 0 Å². The summed E-state index contributed by atoms with van der Waals surface area (Å²) in [6.45, 7) is 1.79. The second-order valence-electron chi connectivity index (χ2n) is 6.39. The highest BCUT2D eigenvalue weighted by Gasteiger charge is 2.18. The molecule has 0 saturated heterocycles. The first kappa shape index (κ1) is 21.6. The van der Waals surface area contributed by atoms with Gasteiger partial charge in [-0.05, 0) is 65.3 Å². The summed E-state index contributed by atoms with van der Waals surface area (Å²) in [4.78, 5) is 35.4. The number of carbonyl (C=O) groups excluding carboxylic acids is 2. The Hall–Kier alpha value is -2.59. The first-order valence-corrected chi connectivity index (χ1v) is 11.8. The Balaban J connectivity index is 1.48. The number of hydrogen-bond donors (Lipinski definition) is 2. The Labute approximate surface area is 199 Å². The SMILES string of the molecule is Cc1nc(-c2ccc(Cl)s2)sc1C(=O)Nc1cccc(C(=O)Nc2ccc(Br)cn2)c1. The van der Waals surface area contributed by atoms with Gasteiger partial charge in [-0.15, -0.1) is 22.7 Å². The molecule has 3 aromatic heterocycles. The number of aryl methyl sites for hydroxylation is 1. The molecule has 31 heavy (non-hydrogen) atoms. The number of carbonyl (C=O) groups is 2. The molecule has 2 N–H and O–H groups in total. The third kappa shape index (κ3) is 5.19. The molecular weight excluding hydrogens is 520 g/mol. The number of pyridine rings is 1. The zero-order chi connectivity index (χ0) is 22.0. The molecule has 0 spiro atoms. The highest BCUT2D eigenvalue weighted by Crippen LogP contribution is 2.35. The van der Waals surface area contributed by atoms with E-state index in [1.165, 1.54) is 22.7 Å². The number of thiophene rings is 1. The molecule has 0 saturated carbocycles. The Morgan fingerprint density at radius 2 is 1.87 bits per heavy atom. The number of amides is 2. The molecule has 0 aliphatic carbocycles. The Bertz CT molecular complexity index is 1270. The number of nitrogens with zero attached hydrogens (tertiary/aromatic N) is 2. The second-order valence-corrected chi connectivity index (χ2v) is 10.0. The van der Waals surface area contributed by atoms with Gasteiger partial charge in [0, 0.05) is 21.9 Å². The number of rotatable bonds is 5. The van der Waals surface area contributed by atoms with Gasteiger partial charge in [-0.2, -0.15) is 0 Å². The van der Waals surface area contributed by atoms with Gasteiger partial charge in [0.1, 0.15) is 15.7 Å². The third-order valence-corrected chi connectivity index (χ3v) is 7.16. The van der Waals surface area contributed by atoms with Crippen molar-refractivity contribution in [2.75, 3.05) is 10.6 Å². The minimum Gasteiger partial charge on any atom is -0.321 e. The summed E-state index contributed by atoms with van der Waals surface area (Å²) in [5.74, 6) is -0.170. The van der Waals surface area contributed by atoms with Crippen LogP contribution in [0.3, 0.4) is 0 Å². The van der Waals surface area contributed by atoms with Gasteiger partial charge >= 0.3 is 0 Å². The van der Waals surface area contributed by atoms with Crippen molar-refractivity contribution in [3.8, 4) is 9.88 Å². The molecule has 2 amide bonds. The molecule has 0 bridgehead atoms. The molecule has 1 aromatic carbocycles. The van der Waals surface area contributed by atoms with Crippen LogP contribution in [-0.4, -0.2) is 21.8 Å². The third-order valence-electron chi connectivity index (χ3n) is 4.14. The summed E-state index contributed by atoms with van der Waals surface area (Å²) < 4.78 is 1.49. The molecule has 6 nitrogen and oxygen atoms in total. The van der Waals surface area contributed by atoms with Crippen LogP contribution in [0.1, 0.15) is 25.7 Å². The van der Waals surface area contributed by atoms with Crippen LogP contribution < -0.4 is 10.6 Å². The highest BCUT2D eigenvalue weighted by atomic mass is 79.9. The van der Waals surface area contributed by atoms with Gasteiger partial charge in [0.2, 0.25) is 0 Å². The molecule has 0 atom stereocenters. The summed E-state index contributed by atoms with van der Waals surface area (Å²) in [6.07, 6.45) is 1.60. The van der Waals surface area contributed by atoms with Crippen LogP contribution in [0.2, 0.25) is 4.34 Å². The maximum atomic E-state index is 12.8. The van der Waals surface area contributed by atoms with Crippen molar-refractivity contribution in [1.82, 2.24) is 9.97 Å². The van der Waals surface area contributed by atoms with Crippen LogP contribution in [0.15, 0.2) is 59.2 Å². The van der Waals surface area contributed by atoms with E-state index in [4.69, 9.17) is 11.6 Å². The van der Waals surface area contributed by atoms with E-state index in [2.05, 4.69) is 36.5 Å². The predicted molar refractivity (Wildman–Crippen MR) is 129 cm³/mol. The fourth-order valence-electron chi connectivity index (χ4n) is 2.71. The van der Waals surface area contributed by atoms with E-state index in [0.717, 1.165) is 14.4 Å². The molecule has 0 aliphatic heterocycles. The molecular formula is C21H14BrClN4O2S2. The minimum atomic E-state index is -0.322. The molecule has 4 aromatic rings. The summed E-state index contributed by atoms with van der Waals surface area (Å²) in [5, 5.41) is 6.32. The number of benzene rings is 1. The number of thiazole rings is 1. The lowest BCUT2D eigenvalue weighted by Crippen LogP contribution is -2.15. The van der Waals surface area contributed by atoms with Crippen LogP contribution in [0.25, 0.3) is 9.88 Å². The van der Waals surface area contributed by atoms with E-state index >= 15 is 0 Å². The number of nitrogens with one attached hydrogen (secondary N) is 2. The standard InChI is InChI=1S/C21H14BrClN4O2S2/c1-11-18(31-21(25-11)15-6-7-16(23)30-15)20(29)26-14-4-2-3-12(9-14)19(28)27-17-8-5-13(22)10-24-17/h2-10H,1H3,(H,26,29)(H,24,27,28). The van der Waals surface area contributed by atoms with Gasteiger partial charge in [-0.3, -0.25) is 9.59 Å². The molecule has 0 aliphatic rings. The van der Waals surface area contributed by atoms with Gasteiger partial charge in [-0.1, -0.05) is 17.7 Å². The van der Waals surface area contributed by atoms with Crippen LogP contribution in [0, 0.1) is 6.92 Å². The van der Waals surface area contributed by atoms with Crippen molar-refractivity contribution >= 4 is 73.5 Å². The van der Waals surface area contributed by atoms with Crippen LogP contribution in [-0.2, 0) is 0 Å². The topological polar surface area (TPSA) is 84.0 Å². The van der Waals surface area contributed by atoms with E-state index in [9.17, 15) is 9.59 Å². The van der Waals surface area contributed by atoms with Gasteiger partial charge in [0.25, 0.3) is 11.8 Å². The van der Waals surface area contributed by atoms with Gasteiger partial charge in [-0.25, -0.2) is 9.97 Å². The van der Waals surface area contributed by atoms with E-state index in [0.29, 0.717) is 32.0 Å². The van der Waals surface area contributed by atoms with Gasteiger partial charge < -0.3 is 10.6 Å². The summed E-state index contributed by atoms with van der Waals surface area (Å²) in [7, 11) is 0. The Kier molecular flexibility index (Phi) is 6.47. The van der Waals surface area contributed by atoms with E-state index in [-0.39, 0.29) is 11.8 Å². The van der Waals surface area contributed by atoms with Crippen LogP contribution in [0.4, 0.5) is 11.5 Å². The Morgan fingerprint density at radius 1 is 1.03 bits per heavy atom. The van der Waals surface area contributed by atoms with Crippen molar-refractivity contribution < 1.29 is 9.59 Å². The highest BCUT2D eigenvalue weighted by molar-refractivity contribution is 9.10. The lowest BCUT2D eigenvalue weighted by Gasteiger charge is -2.08. The first-order valence-electron chi connectivity index (χ1n) is 8.96. The predicted octanol–water partition coefficient (Wildman–Crippen LogP) is 6.50. The molecule has 3 heterocycles. The van der Waals surface area contributed by atoms with Crippen molar-refractivity contribution in [2.45, 2.75) is 6.92 Å². The van der Waals surface area contributed by atoms with E-state index in [1.807, 2.05) is 6.07 Å². The smallest absolute Gasteiger partial charge is 0.267 e. The van der Waals surface area contributed by atoms with E-state index in [1.54, 1.807) is 55.6 Å². The normalized spacial score (nSPS) is 10.7. The Morgan fingerprint density at radius 3 is 2.58 bits per heavy atom. The van der Waals surface area contributed by atoms with Crippen LogP contribution >= 0.6 is 50.2 Å². The molecule has 0 radical (unpaired) electrons. The van der Waals surface area contributed by atoms with E-state index < -0.39 is 0 Å². The van der Waals surface area contributed by atoms with Crippen LogP contribution in [0.5, 0.6) is 0 Å². The quantitative estimate of drug-likeness (QED) is 0.307. The lowest BCUT2D eigenvalue weighted by atomic mass is 10.2. The fraction of sp³-hybridized carbons (Fsp3) is 0.0476. The largest absolute Gasteiger partial charge is 0.321 e. The molecule has 4 rings (SSSR count). The average Bonchev–Trinajstić information content (AvgIpc) is 3.35. The number of aromatic nitrogens is 2. The lowest BCUT2D eigenvalue weighted by molar-refractivity contribution is 0.101. The van der Waals surface area contributed by atoms with Crippen molar-refractivity contribution in [2.24, 2.45) is 0 Å². The first-order chi connectivity index (χ1) is 14.9. The molecule has 10 heteroatoms. The average molecular weight is 534 g/mol. The zero-order valence-electron chi connectivity index (χ0n) is 16.0. The second kappa shape index (κ2) is 9.27. The molecule has 0 fully saturated rings. The zero-order valence-corrected chi connectivity index (χ0v) is 20.0. The minimum absolute atomic E-state index is 0.281. The van der Waals surface area contributed by atoms with Crippen molar-refractivity contribution in [3.63, 3.8) is 0 Å². The number of anilines is 2. The van der Waals surface area contributed by atoms with Gasteiger partial charge in [0.15, 0.2) is 0 Å². The van der Waals surface area contributed by atoms with Crippen molar-refractivity contribution in [3.05, 3.63) is 79.7 Å². The summed E-state index contributed by atoms with van der Waals surface area (Å²) >= 11 is 12.0.